The Kier molecular flexibility index (Phi) is 3.60. The van der Waals surface area contributed by atoms with Gasteiger partial charge < -0.3 is 5.32 Å². The summed E-state index contributed by atoms with van der Waals surface area (Å²) in [4.78, 5) is 39.3. The predicted octanol–water partition coefficient (Wildman–Crippen LogP) is 3.09. The molecule has 4 aliphatic carbocycles. The van der Waals surface area contributed by atoms with Crippen molar-refractivity contribution in [2.45, 2.75) is 6.42 Å². The number of carbonyl (C=O) groups excluding carboxylic acids is 3. The molecule has 2 bridgehead atoms. The lowest BCUT2D eigenvalue weighted by Gasteiger charge is -2.37. The van der Waals surface area contributed by atoms with Gasteiger partial charge in [-0.05, 0) is 64.2 Å². The number of nitrogens with one attached hydrogen (secondary N) is 1. The third kappa shape index (κ3) is 2.31. The molecule has 0 radical (unpaired) electrons. The molecular formula is C19H16BrClN2O3. The molecule has 1 saturated heterocycles. The molecule has 3 fully saturated rings. The number of carbonyl (C=O) groups is 3. The summed E-state index contributed by atoms with van der Waals surface area (Å²) in [5, 5.41) is 3.18. The molecule has 5 aliphatic rings. The summed E-state index contributed by atoms with van der Waals surface area (Å²) in [7, 11) is 0. The second-order valence-corrected chi connectivity index (χ2v) is 8.86. The number of rotatable bonds is 3. The van der Waals surface area contributed by atoms with Gasteiger partial charge in [0.1, 0.15) is 6.54 Å². The molecule has 0 spiro atoms. The zero-order valence-corrected chi connectivity index (χ0v) is 16.0. The highest BCUT2D eigenvalue weighted by molar-refractivity contribution is 9.10. The van der Waals surface area contributed by atoms with Crippen molar-refractivity contribution in [2.24, 2.45) is 35.5 Å². The van der Waals surface area contributed by atoms with Crippen LogP contribution in [0.3, 0.4) is 0 Å². The first-order chi connectivity index (χ1) is 12.5. The maximum atomic E-state index is 12.9. The van der Waals surface area contributed by atoms with Crippen LogP contribution in [0.25, 0.3) is 0 Å². The van der Waals surface area contributed by atoms with Gasteiger partial charge in [0.25, 0.3) is 0 Å². The van der Waals surface area contributed by atoms with E-state index in [-0.39, 0.29) is 42.0 Å². The summed E-state index contributed by atoms with van der Waals surface area (Å²) in [6, 6.07) is 5.06. The van der Waals surface area contributed by atoms with Crippen LogP contribution in [-0.4, -0.2) is 29.2 Å². The molecule has 6 atom stereocenters. The Labute approximate surface area is 163 Å². The van der Waals surface area contributed by atoms with Gasteiger partial charge in [0.2, 0.25) is 17.7 Å². The number of imide groups is 1. The van der Waals surface area contributed by atoms with E-state index in [1.165, 1.54) is 0 Å². The van der Waals surface area contributed by atoms with Crippen LogP contribution in [0.4, 0.5) is 5.69 Å². The first-order valence-electron chi connectivity index (χ1n) is 8.74. The average molecular weight is 436 g/mol. The quantitative estimate of drug-likeness (QED) is 0.586. The van der Waals surface area contributed by atoms with Crippen molar-refractivity contribution in [1.82, 2.24) is 4.90 Å². The Morgan fingerprint density at radius 2 is 1.77 bits per heavy atom. The van der Waals surface area contributed by atoms with E-state index in [0.29, 0.717) is 22.5 Å². The zero-order chi connectivity index (χ0) is 18.2. The van der Waals surface area contributed by atoms with Crippen LogP contribution in [-0.2, 0) is 14.4 Å². The lowest BCUT2D eigenvalue weighted by Crippen LogP contribution is -2.40. The first kappa shape index (κ1) is 16.5. The molecule has 26 heavy (non-hydrogen) atoms. The molecule has 0 unspecified atom stereocenters. The first-order valence-corrected chi connectivity index (χ1v) is 9.91. The lowest BCUT2D eigenvalue weighted by atomic mass is 9.63. The molecule has 3 amide bonds. The van der Waals surface area contributed by atoms with Gasteiger partial charge in [0, 0.05) is 10.2 Å². The van der Waals surface area contributed by atoms with Crippen molar-refractivity contribution < 1.29 is 14.4 Å². The van der Waals surface area contributed by atoms with Gasteiger partial charge >= 0.3 is 0 Å². The number of likely N-dealkylation sites (tertiary alicyclic amines) is 1. The van der Waals surface area contributed by atoms with Gasteiger partial charge in [-0.25, -0.2) is 0 Å². The van der Waals surface area contributed by atoms with Gasteiger partial charge in [-0.15, -0.1) is 0 Å². The summed E-state index contributed by atoms with van der Waals surface area (Å²) in [5.74, 6) is 0.155. The second kappa shape index (κ2) is 5.67. The number of anilines is 1. The summed E-state index contributed by atoms with van der Waals surface area (Å²) in [5.41, 5.74) is 0.530. The highest BCUT2D eigenvalue weighted by atomic mass is 79.9. The van der Waals surface area contributed by atoms with E-state index in [1.807, 2.05) is 0 Å². The maximum Gasteiger partial charge on any atom is 0.244 e. The highest BCUT2D eigenvalue weighted by Crippen LogP contribution is 2.65. The average Bonchev–Trinajstić information content (AvgIpc) is 3.39. The van der Waals surface area contributed by atoms with Gasteiger partial charge in [0.05, 0.1) is 16.9 Å². The second-order valence-electron chi connectivity index (χ2n) is 7.59. The predicted molar refractivity (Wildman–Crippen MR) is 99.2 cm³/mol. The minimum absolute atomic E-state index is 0.171. The number of hydrogen-bond acceptors (Lipinski definition) is 3. The van der Waals surface area contributed by atoms with E-state index in [0.717, 1.165) is 15.8 Å². The van der Waals surface area contributed by atoms with Crippen LogP contribution in [0.15, 0.2) is 34.8 Å². The normalized spacial score (nSPS) is 36.2. The van der Waals surface area contributed by atoms with Crippen LogP contribution in [0.2, 0.25) is 5.02 Å². The maximum absolute atomic E-state index is 12.9. The molecule has 0 aromatic heterocycles. The topological polar surface area (TPSA) is 66.5 Å². The van der Waals surface area contributed by atoms with E-state index >= 15 is 0 Å². The molecule has 1 N–H and O–H groups in total. The van der Waals surface area contributed by atoms with Crippen LogP contribution in [0.1, 0.15) is 6.42 Å². The van der Waals surface area contributed by atoms with E-state index in [4.69, 9.17) is 11.6 Å². The molecule has 7 heteroatoms. The Morgan fingerprint density at radius 3 is 2.35 bits per heavy atom. The molecule has 1 aliphatic heterocycles. The van der Waals surface area contributed by atoms with Crippen molar-refractivity contribution >= 4 is 50.9 Å². The van der Waals surface area contributed by atoms with Crippen LogP contribution in [0.5, 0.6) is 0 Å². The van der Waals surface area contributed by atoms with Gasteiger partial charge in [-0.2, -0.15) is 0 Å². The van der Waals surface area contributed by atoms with Crippen molar-refractivity contribution in [1.29, 1.82) is 0 Å². The summed E-state index contributed by atoms with van der Waals surface area (Å²) in [6.45, 7) is -0.243. The Hall–Kier alpha value is -1.66. The molecule has 2 saturated carbocycles. The molecule has 1 aromatic carbocycles. The van der Waals surface area contributed by atoms with Gasteiger partial charge in [0.15, 0.2) is 0 Å². The number of benzene rings is 1. The third-order valence-corrected chi connectivity index (χ3v) is 7.49. The molecule has 5 nitrogen and oxygen atoms in total. The Bertz CT molecular complexity index is 850. The number of hydrogen-bond donors (Lipinski definition) is 1. The molecule has 1 heterocycles. The van der Waals surface area contributed by atoms with E-state index < -0.39 is 5.91 Å². The van der Waals surface area contributed by atoms with Crippen molar-refractivity contribution in [3.63, 3.8) is 0 Å². The van der Waals surface area contributed by atoms with Crippen molar-refractivity contribution in [3.05, 3.63) is 39.8 Å². The van der Waals surface area contributed by atoms with Crippen molar-refractivity contribution in [2.75, 3.05) is 11.9 Å². The van der Waals surface area contributed by atoms with Crippen LogP contribution in [0, 0.1) is 35.5 Å². The van der Waals surface area contributed by atoms with E-state index in [2.05, 4.69) is 33.4 Å². The van der Waals surface area contributed by atoms with Crippen LogP contribution >= 0.6 is 27.5 Å². The summed E-state index contributed by atoms with van der Waals surface area (Å²) >= 11 is 9.32. The van der Waals surface area contributed by atoms with Crippen LogP contribution < -0.4 is 5.32 Å². The largest absolute Gasteiger partial charge is 0.324 e. The van der Waals surface area contributed by atoms with E-state index in [1.54, 1.807) is 18.2 Å². The number of nitrogens with zero attached hydrogens (tertiary/aromatic N) is 1. The minimum Gasteiger partial charge on any atom is -0.324 e. The number of allylic oxidation sites excluding steroid dienone is 2. The van der Waals surface area contributed by atoms with Gasteiger partial charge in [-0.1, -0.05) is 23.8 Å². The number of halogens is 2. The SMILES string of the molecule is O=C(CN1C(=O)[C@@H]2[C@H]3C=C[C@@H]([C@@H]4C[C@H]34)[C@H]2C1=O)Nc1ccc(Br)c(Cl)c1. The monoisotopic (exact) mass is 434 g/mol. The summed E-state index contributed by atoms with van der Waals surface area (Å²) < 4.78 is 0.729. The smallest absolute Gasteiger partial charge is 0.244 e. The molecular weight excluding hydrogens is 420 g/mol. The Balaban J connectivity index is 1.32. The van der Waals surface area contributed by atoms with Crippen molar-refractivity contribution in [3.8, 4) is 0 Å². The highest BCUT2D eigenvalue weighted by Gasteiger charge is 2.67. The fourth-order valence-corrected chi connectivity index (χ4v) is 5.52. The molecule has 134 valence electrons. The zero-order valence-electron chi connectivity index (χ0n) is 13.7. The fraction of sp³-hybridized carbons (Fsp3) is 0.421. The standard InChI is InChI=1S/C19H16BrClN2O3/c20-13-4-1-8(5-14(13)21)22-15(24)7-23-18(25)16-9-2-3-10(12-6-11(9)12)17(16)19(23)26/h1-5,9-12,16-17H,6-7H2,(H,22,24)/t9-,10-,11-,12+,16+,17+/m0/s1. The summed E-state index contributed by atoms with van der Waals surface area (Å²) in [6.07, 6.45) is 5.37. The van der Waals surface area contributed by atoms with E-state index in [9.17, 15) is 14.4 Å². The minimum atomic E-state index is -0.394. The fourth-order valence-electron chi connectivity index (χ4n) is 5.09. The molecule has 1 aromatic rings. The lowest BCUT2D eigenvalue weighted by molar-refractivity contribution is -0.142. The third-order valence-electron chi connectivity index (χ3n) is 6.26. The molecule has 6 rings (SSSR count). The van der Waals surface area contributed by atoms with Gasteiger partial charge in [-0.3, -0.25) is 19.3 Å². The number of amides is 3. The Morgan fingerprint density at radius 1 is 1.15 bits per heavy atom.